The first kappa shape index (κ1) is 17.2. The highest BCUT2D eigenvalue weighted by atomic mass is 16.7. The number of carbonyl (C=O) groups is 1. The van der Waals surface area contributed by atoms with Gasteiger partial charge in [0.15, 0.2) is 0 Å². The molecule has 0 spiro atoms. The van der Waals surface area contributed by atoms with Gasteiger partial charge in [-0.1, -0.05) is 12.1 Å². The van der Waals surface area contributed by atoms with Gasteiger partial charge in [-0.3, -0.25) is 9.69 Å². The molecule has 1 rings (SSSR count). The van der Waals surface area contributed by atoms with Crippen LogP contribution in [-0.2, 0) is 14.1 Å². The monoisotopic (exact) mass is 283 g/mol. The van der Waals surface area contributed by atoms with Gasteiger partial charge < -0.3 is 14.4 Å². The van der Waals surface area contributed by atoms with Gasteiger partial charge in [0.25, 0.3) is 0 Å². The van der Waals surface area contributed by atoms with Crippen molar-refractivity contribution in [3.8, 4) is 0 Å². The summed E-state index contributed by atoms with van der Waals surface area (Å²) in [4.78, 5) is 12.6. The van der Waals surface area contributed by atoms with Crippen LogP contribution in [0.4, 0.5) is 0 Å². The summed E-state index contributed by atoms with van der Waals surface area (Å²) < 4.78 is 11.7. The number of rotatable bonds is 6. The fraction of sp³-hybridized carbons (Fsp3) is 0.786. The zero-order valence-electron chi connectivity index (χ0n) is 13.3. The molecular weight excluding hydrogens is 257 g/mol. The zero-order chi connectivity index (χ0) is 15.6. The number of carboxylic acid groups (broad SMARTS) is 1. The highest BCUT2D eigenvalue weighted by Crippen LogP contribution is 2.36. The third-order valence-electron chi connectivity index (χ3n) is 4.18. The van der Waals surface area contributed by atoms with Crippen molar-refractivity contribution < 1.29 is 19.2 Å². The summed E-state index contributed by atoms with van der Waals surface area (Å²) >= 11 is 0. The van der Waals surface area contributed by atoms with Crippen molar-refractivity contribution in [1.82, 2.24) is 4.90 Å². The molecule has 0 aromatic rings. The van der Waals surface area contributed by atoms with Crippen molar-refractivity contribution in [2.75, 3.05) is 13.6 Å². The maximum Gasteiger partial charge on any atom is 0.486 e. The van der Waals surface area contributed by atoms with Crippen molar-refractivity contribution >= 4 is 13.1 Å². The molecule has 1 saturated heterocycles. The molecular formula is C14H26BNO4. The van der Waals surface area contributed by atoms with Crippen molar-refractivity contribution in [2.24, 2.45) is 0 Å². The van der Waals surface area contributed by atoms with Crippen molar-refractivity contribution in [1.29, 1.82) is 0 Å². The summed E-state index contributed by atoms with van der Waals surface area (Å²) in [6.45, 7) is 10.6. The molecule has 114 valence electrons. The predicted octanol–water partition coefficient (Wildman–Crippen LogP) is 1.97. The third kappa shape index (κ3) is 4.33. The van der Waals surface area contributed by atoms with E-state index in [1.165, 1.54) is 0 Å². The SMILES string of the molecule is C[C@@H](CC(=O)O)N(C)C/C=C/B1OC(C)(C)C(C)(C)O1. The topological polar surface area (TPSA) is 59.0 Å². The third-order valence-corrected chi connectivity index (χ3v) is 4.18. The molecule has 20 heavy (non-hydrogen) atoms. The second-order valence-electron chi connectivity index (χ2n) is 6.44. The van der Waals surface area contributed by atoms with Crippen LogP contribution in [0.1, 0.15) is 41.0 Å². The molecule has 1 heterocycles. The highest BCUT2D eigenvalue weighted by molar-refractivity contribution is 6.51. The van der Waals surface area contributed by atoms with Crippen molar-refractivity contribution in [3.63, 3.8) is 0 Å². The Morgan fingerprint density at radius 2 is 1.80 bits per heavy atom. The minimum atomic E-state index is -0.778. The smallest absolute Gasteiger partial charge is 0.481 e. The molecule has 0 aromatic heterocycles. The molecule has 0 saturated carbocycles. The van der Waals surface area contributed by atoms with Gasteiger partial charge in [-0.15, -0.1) is 0 Å². The largest absolute Gasteiger partial charge is 0.486 e. The number of aliphatic carboxylic acids is 1. The Hall–Kier alpha value is -0.845. The molecule has 0 aliphatic carbocycles. The van der Waals surface area contributed by atoms with Crippen LogP contribution < -0.4 is 0 Å². The quantitative estimate of drug-likeness (QED) is 0.755. The van der Waals surface area contributed by atoms with Gasteiger partial charge in [0, 0.05) is 12.6 Å². The standard InChI is InChI=1S/C14H26BNO4/c1-11(10-12(17)18)16(6)9-7-8-15-19-13(2,3)14(4,5)20-15/h7-8,11H,9-10H2,1-6H3,(H,17,18)/b8-7+/t11-/m0/s1. The Morgan fingerprint density at radius 3 is 2.25 bits per heavy atom. The number of hydrogen-bond acceptors (Lipinski definition) is 4. The maximum atomic E-state index is 10.7. The first-order valence-corrected chi connectivity index (χ1v) is 6.99. The summed E-state index contributed by atoms with van der Waals surface area (Å²) in [6, 6.07) is -0.00422. The Kier molecular flexibility index (Phi) is 5.41. The van der Waals surface area contributed by atoms with E-state index in [2.05, 4.69) is 0 Å². The van der Waals surface area contributed by atoms with E-state index in [-0.39, 0.29) is 30.8 Å². The zero-order valence-corrected chi connectivity index (χ0v) is 13.3. The summed E-state index contributed by atoms with van der Waals surface area (Å²) in [5.74, 6) is 1.11. The number of hydrogen-bond donors (Lipinski definition) is 1. The van der Waals surface area contributed by atoms with Crippen molar-refractivity contribution in [3.05, 3.63) is 12.1 Å². The van der Waals surface area contributed by atoms with Gasteiger partial charge >= 0.3 is 13.1 Å². The average molecular weight is 283 g/mol. The van der Waals surface area contributed by atoms with E-state index in [4.69, 9.17) is 14.4 Å². The molecule has 1 atom stereocenters. The molecule has 0 bridgehead atoms. The van der Waals surface area contributed by atoms with Crippen LogP contribution in [0.2, 0.25) is 0 Å². The van der Waals surface area contributed by atoms with E-state index < -0.39 is 5.97 Å². The molecule has 1 fully saturated rings. The van der Waals surface area contributed by atoms with Crippen LogP contribution in [0.15, 0.2) is 12.1 Å². The predicted molar refractivity (Wildman–Crippen MR) is 79.6 cm³/mol. The second kappa shape index (κ2) is 6.29. The van der Waals surface area contributed by atoms with Crippen LogP contribution in [0, 0.1) is 0 Å². The average Bonchev–Trinajstić information content (AvgIpc) is 2.46. The Bertz CT molecular complexity index is 365. The first-order valence-electron chi connectivity index (χ1n) is 6.99. The van der Waals surface area contributed by atoms with E-state index in [0.717, 1.165) is 0 Å². The fourth-order valence-corrected chi connectivity index (χ4v) is 1.89. The summed E-state index contributed by atoms with van der Waals surface area (Å²) in [5, 5.41) is 8.76. The Labute approximate surface area is 122 Å². The molecule has 6 heteroatoms. The second-order valence-corrected chi connectivity index (χ2v) is 6.44. The molecule has 0 amide bonds. The molecule has 1 N–H and O–H groups in total. The fourth-order valence-electron chi connectivity index (χ4n) is 1.89. The van der Waals surface area contributed by atoms with Gasteiger partial charge in [0.05, 0.1) is 17.6 Å². The lowest BCUT2D eigenvalue weighted by atomic mass is 9.90. The van der Waals surface area contributed by atoms with E-state index in [9.17, 15) is 4.79 Å². The normalized spacial score (nSPS) is 22.6. The van der Waals surface area contributed by atoms with Crippen LogP contribution in [0.3, 0.4) is 0 Å². The Morgan fingerprint density at radius 1 is 1.30 bits per heavy atom. The van der Waals surface area contributed by atoms with Gasteiger partial charge in [-0.2, -0.15) is 0 Å². The lowest BCUT2D eigenvalue weighted by molar-refractivity contribution is -0.138. The molecule has 0 radical (unpaired) electrons. The van der Waals surface area contributed by atoms with E-state index in [1.54, 1.807) is 0 Å². The van der Waals surface area contributed by atoms with Gasteiger partial charge in [0.2, 0.25) is 0 Å². The molecule has 1 aliphatic rings. The summed E-state index contributed by atoms with van der Waals surface area (Å²) in [7, 11) is 1.56. The van der Waals surface area contributed by atoms with Crippen LogP contribution >= 0.6 is 0 Å². The Balaban J connectivity index is 2.45. The highest BCUT2D eigenvalue weighted by Gasteiger charge is 2.49. The van der Waals surface area contributed by atoms with Gasteiger partial charge in [0.1, 0.15) is 0 Å². The minimum Gasteiger partial charge on any atom is -0.481 e. The number of nitrogens with zero attached hydrogens (tertiary/aromatic N) is 1. The molecule has 1 aliphatic heterocycles. The summed E-state index contributed by atoms with van der Waals surface area (Å²) in [6.07, 6.45) is 2.10. The lowest BCUT2D eigenvalue weighted by Gasteiger charge is -2.32. The van der Waals surface area contributed by atoms with Crippen LogP contribution in [-0.4, -0.2) is 53.9 Å². The molecule has 5 nitrogen and oxygen atoms in total. The maximum absolute atomic E-state index is 10.7. The summed E-state index contributed by atoms with van der Waals surface area (Å²) in [5.41, 5.74) is -0.658. The van der Waals surface area contributed by atoms with E-state index in [1.807, 2.05) is 58.6 Å². The first-order chi connectivity index (χ1) is 9.05. The molecule has 0 aromatic carbocycles. The van der Waals surface area contributed by atoms with Gasteiger partial charge in [-0.25, -0.2) is 0 Å². The molecule has 0 unspecified atom stereocenters. The lowest BCUT2D eigenvalue weighted by Crippen LogP contribution is -2.41. The van der Waals surface area contributed by atoms with Crippen LogP contribution in [0.25, 0.3) is 0 Å². The van der Waals surface area contributed by atoms with Gasteiger partial charge in [-0.05, 0) is 41.7 Å². The van der Waals surface area contributed by atoms with Crippen molar-refractivity contribution in [2.45, 2.75) is 58.3 Å². The number of likely N-dealkylation sites (N-methyl/N-ethyl adjacent to an activating group) is 1. The minimum absolute atomic E-state index is 0.00422. The van der Waals surface area contributed by atoms with Crippen LogP contribution in [0.5, 0.6) is 0 Å². The van der Waals surface area contributed by atoms with E-state index >= 15 is 0 Å². The number of carboxylic acids is 1. The van der Waals surface area contributed by atoms with E-state index in [0.29, 0.717) is 6.54 Å².